The minimum atomic E-state index is 0.908. The van der Waals surface area contributed by atoms with Crippen LogP contribution in [0.2, 0.25) is 0 Å². The second kappa shape index (κ2) is 6.71. The Balaban J connectivity index is 2.07. The van der Waals surface area contributed by atoms with Crippen molar-refractivity contribution in [3.8, 4) is 0 Å². The Morgan fingerprint density at radius 1 is 0.833 bits per heavy atom. The highest BCUT2D eigenvalue weighted by atomic mass is 31.1. The number of benzene rings is 1. The van der Waals surface area contributed by atoms with Gasteiger partial charge in [0.2, 0.25) is 0 Å². The summed E-state index contributed by atoms with van der Waals surface area (Å²) in [6, 6.07) is 4.69. The van der Waals surface area contributed by atoms with Crippen molar-refractivity contribution in [3.05, 3.63) is 28.8 Å². The van der Waals surface area contributed by atoms with Crippen molar-refractivity contribution < 1.29 is 0 Å². The molecule has 1 aliphatic carbocycles. The van der Waals surface area contributed by atoms with Crippen LogP contribution in [0.4, 0.5) is 0 Å². The highest BCUT2D eigenvalue weighted by molar-refractivity contribution is 7.48. The molecule has 1 radical (unpaired) electrons. The van der Waals surface area contributed by atoms with E-state index < -0.39 is 0 Å². The van der Waals surface area contributed by atoms with Gasteiger partial charge in [0.15, 0.2) is 0 Å². The molecule has 0 unspecified atom stereocenters. The molecule has 0 atom stereocenters. The van der Waals surface area contributed by atoms with E-state index in [1.165, 1.54) is 61.6 Å². The van der Waals surface area contributed by atoms with Gasteiger partial charge in [-0.15, -0.1) is 0 Å². The van der Waals surface area contributed by atoms with Crippen LogP contribution in [-0.2, 0) is 0 Å². The first-order valence-corrected chi connectivity index (χ1v) is 8.42. The van der Waals surface area contributed by atoms with Gasteiger partial charge in [0.25, 0.3) is 0 Å². The zero-order valence-electron chi connectivity index (χ0n) is 12.1. The highest BCUT2D eigenvalue weighted by Crippen LogP contribution is 2.32. The molecule has 0 saturated heterocycles. The largest absolute Gasteiger partial charge is 0.0557 e. The summed E-state index contributed by atoms with van der Waals surface area (Å²) < 4.78 is 0. The van der Waals surface area contributed by atoms with Crippen LogP contribution in [0.1, 0.15) is 61.6 Å². The van der Waals surface area contributed by atoms with E-state index in [4.69, 9.17) is 0 Å². The van der Waals surface area contributed by atoms with E-state index in [1.54, 1.807) is 13.9 Å². The van der Waals surface area contributed by atoms with Crippen LogP contribution in [0.3, 0.4) is 0 Å². The van der Waals surface area contributed by atoms with E-state index in [2.05, 4.69) is 32.9 Å². The first-order chi connectivity index (χ1) is 8.66. The van der Waals surface area contributed by atoms with Crippen LogP contribution in [0, 0.1) is 20.8 Å². The summed E-state index contributed by atoms with van der Waals surface area (Å²) in [5.74, 6) is 0. The average Bonchev–Trinajstić information content (AvgIpc) is 2.25. The van der Waals surface area contributed by atoms with E-state index in [-0.39, 0.29) is 0 Å². The Kier molecular flexibility index (Phi) is 5.25. The lowest BCUT2D eigenvalue weighted by Crippen LogP contribution is -2.13. The third kappa shape index (κ3) is 3.82. The van der Waals surface area contributed by atoms with Crippen molar-refractivity contribution in [2.45, 2.75) is 71.4 Å². The first-order valence-electron chi connectivity index (χ1n) is 7.45. The molecule has 0 aliphatic heterocycles. The normalized spacial score (nSPS) is 19.1. The molecule has 0 bridgehead atoms. The molecule has 1 aromatic carbocycles. The van der Waals surface area contributed by atoms with Crippen LogP contribution in [0.25, 0.3) is 0 Å². The van der Waals surface area contributed by atoms with Crippen molar-refractivity contribution in [1.29, 1.82) is 0 Å². The zero-order chi connectivity index (χ0) is 13.0. The van der Waals surface area contributed by atoms with Crippen LogP contribution in [0.5, 0.6) is 0 Å². The van der Waals surface area contributed by atoms with Gasteiger partial charge in [0, 0.05) is 0 Å². The molecule has 1 aliphatic rings. The van der Waals surface area contributed by atoms with E-state index >= 15 is 0 Å². The molecule has 2 rings (SSSR count). The summed E-state index contributed by atoms with van der Waals surface area (Å²) in [7, 11) is 1.59. The van der Waals surface area contributed by atoms with Gasteiger partial charge in [-0.2, -0.15) is 0 Å². The fourth-order valence-electron chi connectivity index (χ4n) is 3.12. The molecule has 0 spiro atoms. The van der Waals surface area contributed by atoms with Gasteiger partial charge in [-0.1, -0.05) is 49.8 Å². The standard InChI is InChI=1S/C17H26P/c1-13-11-14(2)17(15(3)12-13)18-16-9-7-5-4-6-8-10-16/h11-12,16H,4-10H2,1-3H3. The Hall–Kier alpha value is -0.350. The van der Waals surface area contributed by atoms with Crippen LogP contribution in [-0.4, -0.2) is 5.66 Å². The monoisotopic (exact) mass is 261 g/mol. The molecule has 99 valence electrons. The predicted octanol–water partition coefficient (Wildman–Crippen LogP) is 5.30. The maximum Gasteiger partial charge on any atom is -0.0127 e. The molecule has 1 aromatic rings. The number of hydrogen-bond donors (Lipinski definition) is 0. The number of rotatable bonds is 2. The highest BCUT2D eigenvalue weighted by Gasteiger charge is 2.15. The molecular formula is C17H26P. The molecule has 0 nitrogen and oxygen atoms in total. The molecule has 18 heavy (non-hydrogen) atoms. The molecule has 0 aromatic heterocycles. The van der Waals surface area contributed by atoms with Crippen molar-refractivity contribution >= 4 is 13.9 Å². The molecule has 1 heteroatoms. The maximum absolute atomic E-state index is 2.35. The summed E-state index contributed by atoms with van der Waals surface area (Å²) in [5.41, 5.74) is 5.31. The molecule has 0 N–H and O–H groups in total. The van der Waals surface area contributed by atoms with Crippen LogP contribution in [0.15, 0.2) is 12.1 Å². The molecule has 0 amide bonds. The molecule has 1 saturated carbocycles. The quantitative estimate of drug-likeness (QED) is 0.634. The summed E-state index contributed by atoms with van der Waals surface area (Å²) in [4.78, 5) is 0. The van der Waals surface area contributed by atoms with Gasteiger partial charge < -0.3 is 0 Å². The molecule has 1 fully saturated rings. The lowest BCUT2D eigenvalue weighted by Gasteiger charge is -2.21. The van der Waals surface area contributed by atoms with Crippen molar-refractivity contribution in [2.75, 3.05) is 0 Å². The Morgan fingerprint density at radius 2 is 1.33 bits per heavy atom. The summed E-state index contributed by atoms with van der Waals surface area (Å²) in [5, 5.41) is 1.60. The number of hydrogen-bond acceptors (Lipinski definition) is 0. The van der Waals surface area contributed by atoms with Crippen molar-refractivity contribution in [3.63, 3.8) is 0 Å². The van der Waals surface area contributed by atoms with E-state index in [1.807, 2.05) is 0 Å². The van der Waals surface area contributed by atoms with Crippen molar-refractivity contribution in [1.82, 2.24) is 0 Å². The van der Waals surface area contributed by atoms with Gasteiger partial charge in [0.1, 0.15) is 0 Å². The number of aryl methyl sites for hydroxylation is 3. The Labute approximate surface area is 114 Å². The Morgan fingerprint density at radius 3 is 1.89 bits per heavy atom. The summed E-state index contributed by atoms with van der Waals surface area (Å²) in [6.45, 7) is 6.77. The van der Waals surface area contributed by atoms with Gasteiger partial charge in [-0.05, 0) is 64.3 Å². The molecular weight excluding hydrogens is 235 g/mol. The summed E-state index contributed by atoms with van der Waals surface area (Å²) >= 11 is 0. The minimum absolute atomic E-state index is 0.908. The smallest absolute Gasteiger partial charge is 0.0127 e. The maximum atomic E-state index is 2.35. The van der Waals surface area contributed by atoms with Crippen molar-refractivity contribution in [2.24, 2.45) is 0 Å². The van der Waals surface area contributed by atoms with Gasteiger partial charge in [-0.25, -0.2) is 0 Å². The van der Waals surface area contributed by atoms with E-state index in [9.17, 15) is 0 Å². The fraction of sp³-hybridized carbons (Fsp3) is 0.647. The summed E-state index contributed by atoms with van der Waals surface area (Å²) in [6.07, 6.45) is 10.1. The first kappa shape index (κ1) is 14.1. The van der Waals surface area contributed by atoms with E-state index in [0.717, 1.165) is 5.66 Å². The van der Waals surface area contributed by atoms with Gasteiger partial charge in [-0.3, -0.25) is 0 Å². The zero-order valence-corrected chi connectivity index (χ0v) is 13.0. The van der Waals surface area contributed by atoms with Gasteiger partial charge >= 0.3 is 0 Å². The lowest BCUT2D eigenvalue weighted by atomic mass is 10.0. The minimum Gasteiger partial charge on any atom is -0.0557 e. The predicted molar refractivity (Wildman–Crippen MR) is 83.3 cm³/mol. The SMILES string of the molecule is Cc1cc(C)c([P]C2CCCCCCC2)c(C)c1. The lowest BCUT2D eigenvalue weighted by molar-refractivity contribution is 0.512. The van der Waals surface area contributed by atoms with Crippen LogP contribution < -0.4 is 5.30 Å². The van der Waals surface area contributed by atoms with Crippen LogP contribution >= 0.6 is 8.58 Å². The Bertz CT molecular complexity index is 364. The topological polar surface area (TPSA) is 0 Å². The van der Waals surface area contributed by atoms with Gasteiger partial charge in [0.05, 0.1) is 0 Å². The van der Waals surface area contributed by atoms with E-state index in [0.29, 0.717) is 0 Å². The second-order valence-corrected chi connectivity index (χ2v) is 7.31. The fourth-order valence-corrected chi connectivity index (χ4v) is 4.65. The third-order valence-electron chi connectivity index (χ3n) is 4.02. The average molecular weight is 261 g/mol. The molecule has 0 heterocycles. The third-order valence-corrected chi connectivity index (χ3v) is 5.87. The second-order valence-electron chi connectivity index (χ2n) is 5.88.